The van der Waals surface area contributed by atoms with E-state index in [1.165, 1.54) is 11.3 Å². The molecule has 1 heterocycles. The van der Waals surface area contributed by atoms with Crippen LogP contribution in [-0.2, 0) is 10.3 Å². The van der Waals surface area contributed by atoms with Gasteiger partial charge in [-0.15, -0.1) is 0 Å². The lowest BCUT2D eigenvalue weighted by Gasteiger charge is -2.36. The second-order valence-electron chi connectivity index (χ2n) is 6.08. The normalized spacial score (nSPS) is 26.3. The standard InChI is InChI=1S/C17H22FN3O/c18-11-12-21-15(22)17(20-16(21)19,13-7-3-1-4-8-13)14-9-5-2-6-10-14/h1,3-4,7-8,14H,2,5-6,9-12H2,(H2,19,20). The molecule has 1 unspecified atom stereocenters. The van der Waals surface area contributed by atoms with Gasteiger partial charge in [-0.2, -0.15) is 0 Å². The second kappa shape index (κ2) is 6.07. The molecule has 0 bridgehead atoms. The van der Waals surface area contributed by atoms with Crippen molar-refractivity contribution >= 4 is 11.9 Å². The van der Waals surface area contributed by atoms with E-state index in [2.05, 4.69) is 4.99 Å². The van der Waals surface area contributed by atoms with Crippen molar-refractivity contribution in [1.82, 2.24) is 4.90 Å². The Bertz CT molecular complexity index is 569. The Morgan fingerprint density at radius 2 is 1.91 bits per heavy atom. The van der Waals surface area contributed by atoms with Gasteiger partial charge in [0.25, 0.3) is 5.91 Å². The molecule has 1 aliphatic heterocycles. The number of halogens is 1. The summed E-state index contributed by atoms with van der Waals surface area (Å²) in [5.41, 5.74) is 5.88. The molecular weight excluding hydrogens is 281 g/mol. The Balaban J connectivity index is 2.07. The van der Waals surface area contributed by atoms with E-state index in [0.717, 1.165) is 31.2 Å². The summed E-state index contributed by atoms with van der Waals surface area (Å²) in [5, 5.41) is 0. The summed E-state index contributed by atoms with van der Waals surface area (Å²) in [6, 6.07) is 9.61. The third kappa shape index (κ3) is 2.28. The van der Waals surface area contributed by atoms with Gasteiger partial charge in [0.05, 0.1) is 6.54 Å². The molecule has 118 valence electrons. The summed E-state index contributed by atoms with van der Waals surface area (Å²) in [4.78, 5) is 19.0. The van der Waals surface area contributed by atoms with Gasteiger partial charge >= 0.3 is 0 Å². The van der Waals surface area contributed by atoms with Crippen LogP contribution in [0.5, 0.6) is 0 Å². The number of rotatable bonds is 4. The van der Waals surface area contributed by atoms with Gasteiger partial charge in [0.15, 0.2) is 11.5 Å². The van der Waals surface area contributed by atoms with Gasteiger partial charge in [0.1, 0.15) is 6.67 Å². The molecule has 2 N–H and O–H groups in total. The molecule has 1 aliphatic carbocycles. The number of aliphatic imine (C=N–C) groups is 1. The van der Waals surface area contributed by atoms with E-state index < -0.39 is 12.2 Å². The molecule has 1 amide bonds. The van der Waals surface area contributed by atoms with Crippen molar-refractivity contribution in [3.63, 3.8) is 0 Å². The van der Waals surface area contributed by atoms with Crippen molar-refractivity contribution < 1.29 is 9.18 Å². The van der Waals surface area contributed by atoms with Gasteiger partial charge in [-0.25, -0.2) is 9.38 Å². The number of nitrogens with zero attached hydrogens (tertiary/aromatic N) is 2. The average Bonchev–Trinajstić information content (AvgIpc) is 2.82. The largest absolute Gasteiger partial charge is 0.369 e. The quantitative estimate of drug-likeness (QED) is 0.929. The molecule has 0 radical (unpaired) electrons. The van der Waals surface area contributed by atoms with Crippen molar-refractivity contribution in [2.24, 2.45) is 16.6 Å². The molecule has 1 aromatic carbocycles. The second-order valence-corrected chi connectivity index (χ2v) is 6.08. The number of amides is 1. The Morgan fingerprint density at radius 1 is 1.23 bits per heavy atom. The van der Waals surface area contributed by atoms with Crippen LogP contribution in [0.15, 0.2) is 35.3 Å². The van der Waals surface area contributed by atoms with Crippen LogP contribution in [0.3, 0.4) is 0 Å². The first-order chi connectivity index (χ1) is 10.7. The first kappa shape index (κ1) is 15.0. The summed E-state index contributed by atoms with van der Waals surface area (Å²) in [6.45, 7) is -0.632. The van der Waals surface area contributed by atoms with Crippen LogP contribution >= 0.6 is 0 Å². The summed E-state index contributed by atoms with van der Waals surface area (Å²) in [6.07, 6.45) is 5.32. The Kier molecular flexibility index (Phi) is 4.14. The number of carbonyl (C=O) groups excluding carboxylic acids is 1. The lowest BCUT2D eigenvalue weighted by atomic mass is 9.71. The van der Waals surface area contributed by atoms with Crippen molar-refractivity contribution in [3.05, 3.63) is 35.9 Å². The topological polar surface area (TPSA) is 58.7 Å². The highest BCUT2D eigenvalue weighted by molar-refractivity contribution is 6.07. The molecule has 1 aromatic rings. The SMILES string of the molecule is NC1=NC(c2ccccc2)(C2CCCCC2)C(=O)N1CCF. The van der Waals surface area contributed by atoms with Crippen molar-refractivity contribution in [1.29, 1.82) is 0 Å². The molecule has 2 aliphatic rings. The van der Waals surface area contributed by atoms with E-state index in [1.807, 2.05) is 30.3 Å². The van der Waals surface area contributed by atoms with Crippen LogP contribution in [0.2, 0.25) is 0 Å². The van der Waals surface area contributed by atoms with Gasteiger partial charge in [-0.05, 0) is 24.3 Å². The molecular formula is C17H22FN3O. The zero-order valence-electron chi connectivity index (χ0n) is 12.7. The molecule has 0 saturated heterocycles. The van der Waals surface area contributed by atoms with E-state index >= 15 is 0 Å². The predicted octanol–water partition coefficient (Wildman–Crippen LogP) is 2.59. The average molecular weight is 303 g/mol. The van der Waals surface area contributed by atoms with Crippen LogP contribution < -0.4 is 5.73 Å². The van der Waals surface area contributed by atoms with E-state index in [1.54, 1.807) is 0 Å². The van der Waals surface area contributed by atoms with Crippen LogP contribution in [-0.4, -0.2) is 30.0 Å². The maximum atomic E-state index is 13.1. The number of benzene rings is 1. The van der Waals surface area contributed by atoms with Crippen molar-refractivity contribution in [2.75, 3.05) is 13.2 Å². The van der Waals surface area contributed by atoms with Gasteiger partial charge in [0.2, 0.25) is 0 Å². The van der Waals surface area contributed by atoms with Crippen LogP contribution in [0, 0.1) is 5.92 Å². The van der Waals surface area contributed by atoms with Crippen LogP contribution in [0.4, 0.5) is 4.39 Å². The minimum atomic E-state index is -0.957. The summed E-state index contributed by atoms with van der Waals surface area (Å²) < 4.78 is 12.8. The maximum absolute atomic E-state index is 13.1. The highest BCUT2D eigenvalue weighted by atomic mass is 19.1. The summed E-state index contributed by atoms with van der Waals surface area (Å²) >= 11 is 0. The summed E-state index contributed by atoms with van der Waals surface area (Å²) in [5.74, 6) is 0.122. The monoisotopic (exact) mass is 303 g/mol. The Labute approximate surface area is 130 Å². The lowest BCUT2D eigenvalue weighted by molar-refractivity contribution is -0.134. The zero-order valence-corrected chi connectivity index (χ0v) is 12.7. The zero-order chi connectivity index (χ0) is 15.6. The molecule has 22 heavy (non-hydrogen) atoms. The molecule has 1 fully saturated rings. The first-order valence-electron chi connectivity index (χ1n) is 7.99. The van der Waals surface area contributed by atoms with Crippen molar-refractivity contribution in [3.8, 4) is 0 Å². The fourth-order valence-corrected chi connectivity index (χ4v) is 3.80. The van der Waals surface area contributed by atoms with E-state index in [9.17, 15) is 9.18 Å². The smallest absolute Gasteiger partial charge is 0.262 e. The fraction of sp³-hybridized carbons (Fsp3) is 0.529. The predicted molar refractivity (Wildman–Crippen MR) is 84.0 cm³/mol. The van der Waals surface area contributed by atoms with Crippen LogP contribution in [0.1, 0.15) is 37.7 Å². The highest BCUT2D eigenvalue weighted by Gasteiger charge is 2.53. The number of carbonyl (C=O) groups is 1. The number of hydrogen-bond acceptors (Lipinski definition) is 3. The van der Waals surface area contributed by atoms with Gasteiger partial charge in [-0.1, -0.05) is 49.6 Å². The third-order valence-electron chi connectivity index (χ3n) is 4.86. The molecule has 4 nitrogen and oxygen atoms in total. The lowest BCUT2D eigenvalue weighted by Crippen LogP contribution is -2.47. The maximum Gasteiger partial charge on any atom is 0.262 e. The first-order valence-corrected chi connectivity index (χ1v) is 7.99. The number of alkyl halides is 1. The number of guanidine groups is 1. The summed E-state index contributed by atoms with van der Waals surface area (Å²) in [7, 11) is 0. The third-order valence-corrected chi connectivity index (χ3v) is 4.86. The molecule has 0 spiro atoms. The van der Waals surface area contributed by atoms with E-state index in [-0.39, 0.29) is 24.3 Å². The molecule has 1 saturated carbocycles. The minimum Gasteiger partial charge on any atom is -0.369 e. The van der Waals surface area contributed by atoms with Crippen LogP contribution in [0.25, 0.3) is 0 Å². The molecule has 1 atom stereocenters. The highest BCUT2D eigenvalue weighted by Crippen LogP contribution is 2.46. The Morgan fingerprint density at radius 3 is 2.55 bits per heavy atom. The minimum absolute atomic E-state index is 0.0184. The van der Waals surface area contributed by atoms with Gasteiger partial charge in [0, 0.05) is 0 Å². The Hall–Kier alpha value is -1.91. The number of nitrogens with two attached hydrogens (primary N) is 1. The molecule has 5 heteroatoms. The van der Waals surface area contributed by atoms with Gasteiger partial charge < -0.3 is 5.73 Å². The van der Waals surface area contributed by atoms with Gasteiger partial charge in [-0.3, -0.25) is 9.69 Å². The fourth-order valence-electron chi connectivity index (χ4n) is 3.80. The molecule has 0 aromatic heterocycles. The van der Waals surface area contributed by atoms with Crippen molar-refractivity contribution in [2.45, 2.75) is 37.6 Å². The molecule has 3 rings (SSSR count). The van der Waals surface area contributed by atoms with E-state index in [4.69, 9.17) is 5.73 Å². The number of hydrogen-bond donors (Lipinski definition) is 1. The van der Waals surface area contributed by atoms with E-state index in [0.29, 0.717) is 0 Å².